The lowest BCUT2D eigenvalue weighted by atomic mass is 9.67. The van der Waals surface area contributed by atoms with Crippen molar-refractivity contribution >= 4 is 18.1 Å². The molecule has 2 atom stereocenters. The summed E-state index contributed by atoms with van der Waals surface area (Å²) < 4.78 is 0. The summed E-state index contributed by atoms with van der Waals surface area (Å²) >= 11 is 0. The van der Waals surface area contributed by atoms with E-state index in [4.69, 9.17) is 0 Å². The molecule has 0 aromatic heterocycles. The maximum Gasteiger partial charge on any atom is 0.337 e. The number of carboxylic acids is 1. The molecule has 5 heteroatoms. The lowest BCUT2D eigenvalue weighted by molar-refractivity contribution is -0.105. The highest BCUT2D eigenvalue weighted by molar-refractivity contribution is 5.98. The highest BCUT2D eigenvalue weighted by Gasteiger charge is 2.39. The van der Waals surface area contributed by atoms with Gasteiger partial charge in [-0.15, -0.1) is 0 Å². The summed E-state index contributed by atoms with van der Waals surface area (Å²) in [6.45, 7) is 0. The Kier molecular flexibility index (Phi) is 3.30. The van der Waals surface area contributed by atoms with Crippen LogP contribution in [0, 0.1) is 0 Å². The summed E-state index contributed by atoms with van der Waals surface area (Å²) in [7, 11) is 0. The zero-order chi connectivity index (χ0) is 16.8. The van der Waals surface area contributed by atoms with E-state index in [0.29, 0.717) is 30.4 Å². The smallest absolute Gasteiger partial charge is 0.337 e. The molecule has 2 unspecified atom stereocenters. The Labute approximate surface area is 138 Å². The SMILES string of the molecule is O=CNc1c(C(=O)O)ccc2c1Cc1ccc(O)cc1C1CCC21. The summed E-state index contributed by atoms with van der Waals surface area (Å²) in [5.74, 6) is -0.156. The van der Waals surface area contributed by atoms with Gasteiger partial charge in [0.1, 0.15) is 5.75 Å². The maximum atomic E-state index is 11.5. The molecule has 0 radical (unpaired) electrons. The number of aromatic carboxylic acids is 1. The third kappa shape index (κ3) is 2.08. The fraction of sp³-hybridized carbons (Fsp3) is 0.263. The fourth-order valence-corrected chi connectivity index (χ4v) is 4.13. The summed E-state index contributed by atoms with van der Waals surface area (Å²) in [5.41, 5.74) is 4.70. The molecule has 4 rings (SSSR count). The van der Waals surface area contributed by atoms with Crippen molar-refractivity contribution in [2.45, 2.75) is 31.1 Å². The minimum atomic E-state index is -1.05. The van der Waals surface area contributed by atoms with E-state index in [0.717, 1.165) is 35.1 Å². The lowest BCUT2D eigenvalue weighted by Gasteiger charge is -2.37. The van der Waals surface area contributed by atoms with Crippen molar-refractivity contribution in [3.63, 3.8) is 0 Å². The van der Waals surface area contributed by atoms with E-state index in [1.165, 1.54) is 0 Å². The Morgan fingerprint density at radius 2 is 1.88 bits per heavy atom. The average molecular weight is 323 g/mol. The zero-order valence-electron chi connectivity index (χ0n) is 13.0. The number of phenolic OH excluding ortho intramolecular Hbond substituents is 1. The molecule has 0 heterocycles. The second kappa shape index (κ2) is 5.37. The number of carboxylic acid groups (broad SMARTS) is 1. The van der Waals surface area contributed by atoms with Gasteiger partial charge in [0.25, 0.3) is 0 Å². The van der Waals surface area contributed by atoms with Gasteiger partial charge in [-0.3, -0.25) is 4.79 Å². The van der Waals surface area contributed by atoms with E-state index in [9.17, 15) is 19.8 Å². The van der Waals surface area contributed by atoms with Gasteiger partial charge in [0.05, 0.1) is 11.3 Å². The number of hydrogen-bond acceptors (Lipinski definition) is 3. The Morgan fingerprint density at radius 1 is 1.12 bits per heavy atom. The first kappa shape index (κ1) is 14.8. The van der Waals surface area contributed by atoms with Crippen LogP contribution in [0.1, 0.15) is 57.3 Å². The summed E-state index contributed by atoms with van der Waals surface area (Å²) in [6, 6.07) is 8.84. The lowest BCUT2D eigenvalue weighted by Crippen LogP contribution is -2.22. The number of aromatic hydroxyl groups is 1. The van der Waals surface area contributed by atoms with Gasteiger partial charge in [0.2, 0.25) is 6.41 Å². The Bertz CT molecular complexity index is 859. The van der Waals surface area contributed by atoms with Gasteiger partial charge in [-0.1, -0.05) is 12.1 Å². The topological polar surface area (TPSA) is 86.6 Å². The van der Waals surface area contributed by atoms with E-state index in [1.54, 1.807) is 12.1 Å². The molecule has 5 nitrogen and oxygen atoms in total. The highest BCUT2D eigenvalue weighted by Crippen LogP contribution is 2.54. The van der Waals surface area contributed by atoms with Crippen LogP contribution in [0.5, 0.6) is 5.75 Å². The van der Waals surface area contributed by atoms with Gasteiger partial charge in [-0.05, 0) is 65.1 Å². The number of carbonyl (C=O) groups excluding carboxylic acids is 1. The predicted molar refractivity (Wildman–Crippen MR) is 88.7 cm³/mol. The van der Waals surface area contributed by atoms with Crippen molar-refractivity contribution in [1.29, 1.82) is 0 Å². The number of amides is 1. The average Bonchev–Trinajstić information content (AvgIpc) is 2.59. The first-order valence-electron chi connectivity index (χ1n) is 8.01. The molecule has 3 N–H and O–H groups in total. The van der Waals surface area contributed by atoms with Crippen LogP contribution in [0.25, 0.3) is 0 Å². The molecule has 2 aliphatic carbocycles. The molecule has 24 heavy (non-hydrogen) atoms. The summed E-state index contributed by atoms with van der Waals surface area (Å²) in [6.07, 6.45) is 3.16. The molecule has 0 bridgehead atoms. The quantitative estimate of drug-likeness (QED) is 0.757. The minimum absolute atomic E-state index is 0.110. The monoisotopic (exact) mass is 323 g/mol. The number of phenols is 1. The van der Waals surface area contributed by atoms with Crippen molar-refractivity contribution < 1.29 is 19.8 Å². The second-order valence-electron chi connectivity index (χ2n) is 6.47. The van der Waals surface area contributed by atoms with Gasteiger partial charge in [0.15, 0.2) is 0 Å². The van der Waals surface area contributed by atoms with Crippen LogP contribution in [0.15, 0.2) is 30.3 Å². The molecule has 2 aromatic carbocycles. The van der Waals surface area contributed by atoms with Crippen molar-refractivity contribution in [3.05, 3.63) is 58.1 Å². The van der Waals surface area contributed by atoms with Crippen molar-refractivity contribution in [2.24, 2.45) is 0 Å². The van der Waals surface area contributed by atoms with Gasteiger partial charge >= 0.3 is 5.97 Å². The number of fused-ring (bicyclic) bond motifs is 5. The van der Waals surface area contributed by atoms with E-state index < -0.39 is 5.97 Å². The zero-order valence-corrected chi connectivity index (χ0v) is 13.0. The second-order valence-corrected chi connectivity index (χ2v) is 6.47. The Morgan fingerprint density at radius 3 is 2.54 bits per heavy atom. The van der Waals surface area contributed by atoms with Crippen LogP contribution in [-0.2, 0) is 11.2 Å². The standard InChI is InChI=1S/C19H17NO4/c21-9-20-18-15(19(23)24)6-5-14-12-3-4-13(12)16-8-11(22)2-1-10(16)7-17(14)18/h1-2,5-6,8-9,12-13,22H,3-4,7H2,(H,20,21)(H,23,24). The van der Waals surface area contributed by atoms with Gasteiger partial charge in [0, 0.05) is 6.42 Å². The molecule has 2 aliphatic rings. The highest BCUT2D eigenvalue weighted by atomic mass is 16.4. The molecule has 1 saturated carbocycles. The minimum Gasteiger partial charge on any atom is -0.508 e. The van der Waals surface area contributed by atoms with Crippen LogP contribution in [0.3, 0.4) is 0 Å². The van der Waals surface area contributed by atoms with Crippen LogP contribution in [0.2, 0.25) is 0 Å². The number of benzene rings is 2. The van der Waals surface area contributed by atoms with Crippen molar-refractivity contribution in [1.82, 2.24) is 0 Å². The van der Waals surface area contributed by atoms with E-state index in [1.807, 2.05) is 18.2 Å². The fourth-order valence-electron chi connectivity index (χ4n) is 4.13. The molecular formula is C19H17NO4. The van der Waals surface area contributed by atoms with Crippen molar-refractivity contribution in [3.8, 4) is 5.75 Å². The number of carbonyl (C=O) groups is 2. The molecular weight excluding hydrogens is 306 g/mol. The number of rotatable bonds is 3. The third-order valence-electron chi connectivity index (χ3n) is 5.35. The molecule has 1 amide bonds. The molecule has 0 aliphatic heterocycles. The van der Waals surface area contributed by atoms with Crippen LogP contribution in [-0.4, -0.2) is 22.6 Å². The first-order valence-corrected chi connectivity index (χ1v) is 8.01. The molecule has 122 valence electrons. The van der Waals surface area contributed by atoms with Crippen LogP contribution in [0.4, 0.5) is 5.69 Å². The van der Waals surface area contributed by atoms with Gasteiger partial charge in [-0.2, -0.15) is 0 Å². The van der Waals surface area contributed by atoms with E-state index in [2.05, 4.69) is 5.32 Å². The first-order chi connectivity index (χ1) is 11.6. The largest absolute Gasteiger partial charge is 0.508 e. The third-order valence-corrected chi connectivity index (χ3v) is 5.35. The van der Waals surface area contributed by atoms with Crippen LogP contribution < -0.4 is 5.32 Å². The Hall–Kier alpha value is -2.82. The number of hydrogen-bond donors (Lipinski definition) is 3. The predicted octanol–water partition coefficient (Wildman–Crippen LogP) is 3.22. The Balaban J connectivity index is 1.95. The molecule has 0 spiro atoms. The number of anilines is 1. The normalized spacial score (nSPS) is 20.7. The van der Waals surface area contributed by atoms with Gasteiger partial charge in [-0.25, -0.2) is 4.79 Å². The van der Waals surface area contributed by atoms with Crippen molar-refractivity contribution in [2.75, 3.05) is 5.32 Å². The molecule has 2 aromatic rings. The van der Waals surface area contributed by atoms with Gasteiger partial charge < -0.3 is 15.5 Å². The van der Waals surface area contributed by atoms with E-state index in [-0.39, 0.29) is 11.3 Å². The summed E-state index contributed by atoms with van der Waals surface area (Å²) in [4.78, 5) is 22.6. The molecule has 0 saturated heterocycles. The van der Waals surface area contributed by atoms with Crippen LogP contribution >= 0.6 is 0 Å². The summed E-state index contributed by atoms with van der Waals surface area (Å²) in [5, 5.41) is 21.9. The number of nitrogens with one attached hydrogen (secondary N) is 1. The molecule has 1 fully saturated rings. The van der Waals surface area contributed by atoms with E-state index >= 15 is 0 Å². The maximum absolute atomic E-state index is 11.5.